The van der Waals surface area contributed by atoms with Crippen LogP contribution in [-0.2, 0) is 6.42 Å². The fourth-order valence-electron chi connectivity index (χ4n) is 3.44. The van der Waals surface area contributed by atoms with Gasteiger partial charge < -0.3 is 10.1 Å². The highest BCUT2D eigenvalue weighted by molar-refractivity contribution is 5.31. The van der Waals surface area contributed by atoms with Gasteiger partial charge in [-0.15, -0.1) is 0 Å². The number of likely N-dealkylation sites (N-methyl/N-ethyl adjacent to an activating group) is 1. The van der Waals surface area contributed by atoms with E-state index in [2.05, 4.69) is 19.2 Å². The highest BCUT2D eigenvalue weighted by Gasteiger charge is 2.31. The monoisotopic (exact) mass is 293 g/mol. The van der Waals surface area contributed by atoms with Crippen molar-refractivity contribution in [3.63, 3.8) is 0 Å². The fourth-order valence-corrected chi connectivity index (χ4v) is 3.44. The SMILES string of the molecule is CNC(Cc1cccc(OC)c1F)C1CCC(C)(C)CC1. The Balaban J connectivity index is 2.06. The summed E-state index contributed by atoms with van der Waals surface area (Å²) in [7, 11) is 3.50. The molecule has 21 heavy (non-hydrogen) atoms. The number of methoxy groups -OCH3 is 1. The van der Waals surface area contributed by atoms with Gasteiger partial charge in [-0.25, -0.2) is 4.39 Å². The van der Waals surface area contributed by atoms with Crippen LogP contribution in [0, 0.1) is 17.2 Å². The lowest BCUT2D eigenvalue weighted by Crippen LogP contribution is -2.39. The van der Waals surface area contributed by atoms with Gasteiger partial charge in [0.25, 0.3) is 0 Å². The highest BCUT2D eigenvalue weighted by Crippen LogP contribution is 2.39. The predicted octanol–water partition coefficient (Wildman–Crippen LogP) is 4.18. The number of benzene rings is 1. The van der Waals surface area contributed by atoms with Crippen molar-refractivity contribution < 1.29 is 9.13 Å². The Morgan fingerprint density at radius 2 is 2.00 bits per heavy atom. The highest BCUT2D eigenvalue weighted by atomic mass is 19.1. The minimum atomic E-state index is -0.212. The van der Waals surface area contributed by atoms with E-state index in [1.54, 1.807) is 6.07 Å². The first-order valence-corrected chi connectivity index (χ1v) is 7.95. The van der Waals surface area contributed by atoms with Gasteiger partial charge in [0.1, 0.15) is 0 Å². The first kappa shape index (κ1) is 16.3. The van der Waals surface area contributed by atoms with E-state index in [4.69, 9.17) is 4.74 Å². The lowest BCUT2D eigenvalue weighted by molar-refractivity contribution is 0.163. The third-order valence-electron chi connectivity index (χ3n) is 5.03. The number of halogens is 1. The summed E-state index contributed by atoms with van der Waals surface area (Å²) in [5.41, 5.74) is 1.22. The van der Waals surface area contributed by atoms with Crippen molar-refractivity contribution in [2.45, 2.75) is 52.0 Å². The maximum atomic E-state index is 14.3. The molecule has 1 N–H and O–H groups in total. The molecule has 1 aliphatic rings. The van der Waals surface area contributed by atoms with Crippen LogP contribution in [0.4, 0.5) is 4.39 Å². The van der Waals surface area contributed by atoms with E-state index in [0.29, 0.717) is 23.1 Å². The molecule has 118 valence electrons. The van der Waals surface area contributed by atoms with Gasteiger partial charge in [0.05, 0.1) is 7.11 Å². The molecule has 2 nitrogen and oxygen atoms in total. The third-order valence-corrected chi connectivity index (χ3v) is 5.03. The smallest absolute Gasteiger partial charge is 0.168 e. The average Bonchev–Trinajstić information content (AvgIpc) is 2.47. The molecule has 1 atom stereocenters. The minimum Gasteiger partial charge on any atom is -0.494 e. The van der Waals surface area contributed by atoms with Crippen LogP contribution in [0.15, 0.2) is 18.2 Å². The number of hydrogen-bond donors (Lipinski definition) is 1. The molecular formula is C18H28FNO. The lowest BCUT2D eigenvalue weighted by atomic mass is 9.70. The molecule has 0 bridgehead atoms. The zero-order valence-electron chi connectivity index (χ0n) is 13.7. The third kappa shape index (κ3) is 3.97. The van der Waals surface area contributed by atoms with E-state index >= 15 is 0 Å². The van der Waals surface area contributed by atoms with Gasteiger partial charge in [-0.1, -0.05) is 26.0 Å². The van der Waals surface area contributed by atoms with E-state index in [1.165, 1.54) is 32.8 Å². The number of ether oxygens (including phenoxy) is 1. The van der Waals surface area contributed by atoms with Gasteiger partial charge in [-0.3, -0.25) is 0 Å². The summed E-state index contributed by atoms with van der Waals surface area (Å²) in [5, 5.41) is 3.40. The fraction of sp³-hybridized carbons (Fsp3) is 0.667. The van der Waals surface area contributed by atoms with Gasteiger partial charge in [0.2, 0.25) is 0 Å². The Morgan fingerprint density at radius 1 is 1.33 bits per heavy atom. The van der Waals surface area contributed by atoms with Crippen molar-refractivity contribution in [2.75, 3.05) is 14.2 Å². The number of nitrogens with one attached hydrogen (secondary N) is 1. The average molecular weight is 293 g/mol. The Bertz CT molecular complexity index is 462. The normalized spacial score (nSPS) is 20.2. The number of hydrogen-bond acceptors (Lipinski definition) is 2. The van der Waals surface area contributed by atoms with E-state index in [0.717, 1.165) is 12.0 Å². The molecule has 1 fully saturated rings. The van der Waals surface area contributed by atoms with Crippen molar-refractivity contribution in [3.05, 3.63) is 29.6 Å². The van der Waals surface area contributed by atoms with Crippen molar-refractivity contribution in [2.24, 2.45) is 11.3 Å². The quantitative estimate of drug-likeness (QED) is 0.879. The summed E-state index contributed by atoms with van der Waals surface area (Å²) in [6, 6.07) is 5.75. The van der Waals surface area contributed by atoms with Gasteiger partial charge in [-0.2, -0.15) is 0 Å². The Kier molecular flexibility index (Phi) is 5.26. The topological polar surface area (TPSA) is 21.3 Å². The summed E-state index contributed by atoms with van der Waals surface area (Å²) in [6.07, 6.45) is 5.70. The second-order valence-corrected chi connectivity index (χ2v) is 7.03. The van der Waals surface area contributed by atoms with E-state index in [1.807, 2.05) is 19.2 Å². The molecular weight excluding hydrogens is 265 g/mol. The van der Waals surface area contributed by atoms with Crippen LogP contribution in [0.2, 0.25) is 0 Å². The van der Waals surface area contributed by atoms with Gasteiger partial charge in [0.15, 0.2) is 11.6 Å². The molecule has 2 rings (SSSR count). The van der Waals surface area contributed by atoms with Gasteiger partial charge >= 0.3 is 0 Å². The van der Waals surface area contributed by atoms with Crippen LogP contribution in [0.5, 0.6) is 5.75 Å². The molecule has 0 amide bonds. The summed E-state index contributed by atoms with van der Waals surface area (Å²) >= 11 is 0. The first-order valence-electron chi connectivity index (χ1n) is 7.95. The van der Waals surface area contributed by atoms with E-state index < -0.39 is 0 Å². The van der Waals surface area contributed by atoms with Crippen molar-refractivity contribution in [3.8, 4) is 5.75 Å². The standard InChI is InChI=1S/C18H28FNO/c1-18(2)10-8-13(9-11-18)15(20-3)12-14-6-5-7-16(21-4)17(14)19/h5-7,13,15,20H,8-12H2,1-4H3. The molecule has 0 saturated heterocycles. The molecule has 0 heterocycles. The van der Waals surface area contributed by atoms with Crippen molar-refractivity contribution in [1.29, 1.82) is 0 Å². The van der Waals surface area contributed by atoms with E-state index in [9.17, 15) is 4.39 Å². The van der Waals surface area contributed by atoms with Gasteiger partial charge in [0, 0.05) is 6.04 Å². The molecule has 1 aromatic carbocycles. The molecule has 0 aliphatic heterocycles. The van der Waals surface area contributed by atoms with Crippen LogP contribution in [0.1, 0.15) is 45.1 Å². The van der Waals surface area contributed by atoms with Crippen LogP contribution in [0.25, 0.3) is 0 Å². The molecule has 1 aromatic rings. The largest absolute Gasteiger partial charge is 0.494 e. The molecule has 1 saturated carbocycles. The second kappa shape index (κ2) is 6.78. The maximum Gasteiger partial charge on any atom is 0.168 e. The first-order chi connectivity index (χ1) is 9.96. The minimum absolute atomic E-state index is 0.212. The molecule has 1 aliphatic carbocycles. The lowest BCUT2D eigenvalue weighted by Gasteiger charge is -2.38. The summed E-state index contributed by atoms with van der Waals surface area (Å²) in [4.78, 5) is 0. The summed E-state index contributed by atoms with van der Waals surface area (Å²) < 4.78 is 19.4. The molecule has 0 radical (unpaired) electrons. The van der Waals surface area contributed by atoms with Crippen molar-refractivity contribution in [1.82, 2.24) is 5.32 Å². The van der Waals surface area contributed by atoms with E-state index in [-0.39, 0.29) is 5.82 Å². The second-order valence-electron chi connectivity index (χ2n) is 7.03. The summed E-state index contributed by atoms with van der Waals surface area (Å²) in [6.45, 7) is 4.69. The van der Waals surface area contributed by atoms with Crippen molar-refractivity contribution >= 4 is 0 Å². The zero-order chi connectivity index (χ0) is 15.5. The molecule has 0 spiro atoms. The molecule has 1 unspecified atom stereocenters. The van der Waals surface area contributed by atoms with Crippen LogP contribution >= 0.6 is 0 Å². The van der Waals surface area contributed by atoms with Crippen LogP contribution in [-0.4, -0.2) is 20.2 Å². The van der Waals surface area contributed by atoms with Crippen LogP contribution in [0.3, 0.4) is 0 Å². The summed E-state index contributed by atoms with van der Waals surface area (Å²) in [5.74, 6) is 0.761. The predicted molar refractivity (Wildman–Crippen MR) is 85.2 cm³/mol. The Morgan fingerprint density at radius 3 is 2.57 bits per heavy atom. The van der Waals surface area contributed by atoms with Crippen LogP contribution < -0.4 is 10.1 Å². The molecule has 3 heteroatoms. The zero-order valence-corrected chi connectivity index (χ0v) is 13.7. The van der Waals surface area contributed by atoms with Gasteiger partial charge in [-0.05, 0) is 62.1 Å². The Labute approximate surface area is 128 Å². The number of rotatable bonds is 5. The Hall–Kier alpha value is -1.09. The molecule has 0 aromatic heterocycles. The maximum absolute atomic E-state index is 14.3.